The average molecular weight is 345 g/mol. The molecule has 0 spiro atoms. The highest BCUT2D eigenvalue weighted by Gasteiger charge is 2.28. The van der Waals surface area contributed by atoms with Crippen LogP contribution in [0.15, 0.2) is 6.20 Å². The van der Waals surface area contributed by atoms with Crippen molar-refractivity contribution in [3.05, 3.63) is 23.3 Å². The predicted molar refractivity (Wildman–Crippen MR) is 99.1 cm³/mol. The molecule has 25 heavy (non-hydrogen) atoms. The van der Waals surface area contributed by atoms with Crippen LogP contribution in [0.4, 0.5) is 0 Å². The van der Waals surface area contributed by atoms with E-state index in [0.717, 1.165) is 23.5 Å². The smallest absolute Gasteiger partial charge is 0.223 e. The lowest BCUT2D eigenvalue weighted by atomic mass is 9.95. The Kier molecular flexibility index (Phi) is 5.42. The van der Waals surface area contributed by atoms with E-state index in [-0.39, 0.29) is 11.3 Å². The second-order valence-electron chi connectivity index (χ2n) is 8.65. The fraction of sp³-hybridized carbons (Fsp3) is 0.750. The highest BCUT2D eigenvalue weighted by Crippen LogP contribution is 2.25. The van der Waals surface area contributed by atoms with E-state index in [0.29, 0.717) is 25.6 Å². The van der Waals surface area contributed by atoms with Gasteiger partial charge in [0, 0.05) is 36.2 Å². The van der Waals surface area contributed by atoms with Gasteiger partial charge in [-0.2, -0.15) is 0 Å². The minimum Gasteiger partial charge on any atom is -0.332 e. The summed E-state index contributed by atoms with van der Waals surface area (Å²) in [6, 6.07) is 0.501. The number of rotatable bonds is 4. The largest absolute Gasteiger partial charge is 0.332 e. The fourth-order valence-corrected chi connectivity index (χ4v) is 3.72. The van der Waals surface area contributed by atoms with Crippen molar-refractivity contribution in [2.45, 2.75) is 84.3 Å². The summed E-state index contributed by atoms with van der Waals surface area (Å²) < 4.78 is 0. The van der Waals surface area contributed by atoms with Crippen LogP contribution in [0.5, 0.6) is 0 Å². The summed E-state index contributed by atoms with van der Waals surface area (Å²) in [5.74, 6) is 1.11. The number of hydrogen-bond donors (Lipinski definition) is 0. The highest BCUT2D eigenvalue weighted by molar-refractivity contribution is 5.76. The molecule has 2 aliphatic rings. The number of piperidine rings is 1. The van der Waals surface area contributed by atoms with Gasteiger partial charge in [-0.25, -0.2) is 9.97 Å². The number of nitrogens with zero attached hydrogens (tertiary/aromatic N) is 4. The van der Waals surface area contributed by atoms with Crippen LogP contribution in [0.2, 0.25) is 0 Å². The maximum atomic E-state index is 12.6. The average Bonchev–Trinajstić information content (AvgIpc) is 3.02. The van der Waals surface area contributed by atoms with Gasteiger partial charge in [0.1, 0.15) is 5.82 Å². The molecule has 3 rings (SSSR count). The number of carbonyl (C=O) groups excluding carboxylic acids is 1. The van der Waals surface area contributed by atoms with E-state index in [4.69, 9.17) is 4.98 Å². The molecule has 1 aromatic heterocycles. The lowest BCUT2D eigenvalue weighted by molar-refractivity contribution is -0.132. The normalized spacial score (nSPS) is 19.8. The quantitative estimate of drug-likeness (QED) is 0.841. The molecule has 5 nitrogen and oxygen atoms in total. The first-order valence-electron chi connectivity index (χ1n) is 9.71. The molecule has 0 unspecified atom stereocenters. The Morgan fingerprint density at radius 1 is 1.20 bits per heavy atom. The zero-order valence-corrected chi connectivity index (χ0v) is 16.2. The van der Waals surface area contributed by atoms with Crippen molar-refractivity contribution < 1.29 is 4.79 Å². The van der Waals surface area contributed by atoms with Crippen LogP contribution in [0.1, 0.15) is 76.9 Å². The Labute approximate surface area is 151 Å². The number of hydrogen-bond acceptors (Lipinski definition) is 4. The minimum absolute atomic E-state index is 0.0592. The maximum Gasteiger partial charge on any atom is 0.223 e. The van der Waals surface area contributed by atoms with E-state index in [1.165, 1.54) is 32.4 Å². The third kappa shape index (κ3) is 4.38. The van der Waals surface area contributed by atoms with Gasteiger partial charge in [0.25, 0.3) is 0 Å². The maximum absolute atomic E-state index is 12.6. The van der Waals surface area contributed by atoms with Gasteiger partial charge in [-0.05, 0) is 39.3 Å². The Balaban J connectivity index is 1.53. The number of amides is 1. The van der Waals surface area contributed by atoms with Gasteiger partial charge in [-0.15, -0.1) is 0 Å². The summed E-state index contributed by atoms with van der Waals surface area (Å²) in [6.45, 7) is 12.3. The van der Waals surface area contributed by atoms with E-state index in [9.17, 15) is 4.79 Å². The summed E-state index contributed by atoms with van der Waals surface area (Å²) in [4.78, 5) is 26.3. The summed E-state index contributed by atoms with van der Waals surface area (Å²) in [5, 5.41) is 0. The lowest BCUT2D eigenvalue weighted by Crippen LogP contribution is -2.38. The first-order chi connectivity index (χ1) is 11.8. The molecule has 3 heterocycles. The zero-order valence-electron chi connectivity index (χ0n) is 16.2. The molecule has 2 aliphatic heterocycles. The van der Waals surface area contributed by atoms with Gasteiger partial charge >= 0.3 is 0 Å². The van der Waals surface area contributed by atoms with Gasteiger partial charge in [0.05, 0.1) is 12.2 Å². The molecule has 0 bridgehead atoms. The van der Waals surface area contributed by atoms with Crippen LogP contribution in [-0.2, 0) is 23.3 Å². The van der Waals surface area contributed by atoms with Crippen molar-refractivity contribution in [1.29, 1.82) is 0 Å². The van der Waals surface area contributed by atoms with Crippen LogP contribution in [0, 0.1) is 0 Å². The molecule has 1 aromatic rings. The molecule has 1 atom stereocenters. The molecule has 0 aromatic carbocycles. The van der Waals surface area contributed by atoms with Crippen molar-refractivity contribution in [1.82, 2.24) is 19.8 Å². The highest BCUT2D eigenvalue weighted by atomic mass is 16.2. The van der Waals surface area contributed by atoms with Crippen LogP contribution in [0.3, 0.4) is 0 Å². The van der Waals surface area contributed by atoms with E-state index >= 15 is 0 Å². The first-order valence-corrected chi connectivity index (χ1v) is 9.71. The van der Waals surface area contributed by atoms with Crippen molar-refractivity contribution in [3.8, 4) is 0 Å². The van der Waals surface area contributed by atoms with Gasteiger partial charge in [-0.3, -0.25) is 4.79 Å². The van der Waals surface area contributed by atoms with Gasteiger partial charge in [-0.1, -0.05) is 27.2 Å². The molecule has 0 radical (unpaired) electrons. The van der Waals surface area contributed by atoms with E-state index in [2.05, 4.69) is 37.6 Å². The molecule has 1 fully saturated rings. The molecular weight excluding hydrogens is 312 g/mol. The van der Waals surface area contributed by atoms with Crippen molar-refractivity contribution in [3.63, 3.8) is 0 Å². The lowest BCUT2D eigenvalue weighted by Gasteiger charge is -2.32. The van der Waals surface area contributed by atoms with E-state index in [1.54, 1.807) is 0 Å². The summed E-state index contributed by atoms with van der Waals surface area (Å²) in [6.07, 6.45) is 7.44. The Morgan fingerprint density at radius 2 is 1.92 bits per heavy atom. The first kappa shape index (κ1) is 18.3. The molecule has 5 heteroatoms. The summed E-state index contributed by atoms with van der Waals surface area (Å²) in [5.41, 5.74) is 2.07. The van der Waals surface area contributed by atoms with E-state index < -0.39 is 0 Å². The molecule has 1 amide bonds. The molecule has 138 valence electrons. The van der Waals surface area contributed by atoms with Crippen LogP contribution >= 0.6 is 0 Å². The number of aromatic nitrogens is 2. The SMILES string of the molecule is C[C@H](CCC(=O)N1Cc2cnc(C(C)(C)C)nc2C1)N1CCCCC1. The van der Waals surface area contributed by atoms with Crippen LogP contribution < -0.4 is 0 Å². The summed E-state index contributed by atoms with van der Waals surface area (Å²) >= 11 is 0. The van der Waals surface area contributed by atoms with Gasteiger partial charge in [0.15, 0.2) is 0 Å². The van der Waals surface area contributed by atoms with Crippen molar-refractivity contribution >= 4 is 5.91 Å². The molecular formula is C20H32N4O. The van der Waals surface area contributed by atoms with Crippen LogP contribution in [-0.4, -0.2) is 44.8 Å². The standard InChI is InChI=1S/C20H32N4O/c1-15(23-10-6-5-7-11-23)8-9-18(25)24-13-16-12-21-19(20(2,3)4)22-17(16)14-24/h12,15H,5-11,13-14H2,1-4H3/t15-/m1/s1. The zero-order chi connectivity index (χ0) is 18.0. The minimum atomic E-state index is -0.0592. The summed E-state index contributed by atoms with van der Waals surface area (Å²) in [7, 11) is 0. The number of fused-ring (bicyclic) bond motifs is 1. The Morgan fingerprint density at radius 3 is 2.60 bits per heavy atom. The third-order valence-corrected chi connectivity index (χ3v) is 5.47. The monoisotopic (exact) mass is 344 g/mol. The van der Waals surface area contributed by atoms with Gasteiger partial charge in [0.2, 0.25) is 5.91 Å². The van der Waals surface area contributed by atoms with Gasteiger partial charge < -0.3 is 9.80 Å². The number of carbonyl (C=O) groups is 1. The topological polar surface area (TPSA) is 49.3 Å². The molecule has 1 saturated heterocycles. The molecule has 0 saturated carbocycles. The van der Waals surface area contributed by atoms with Crippen molar-refractivity contribution in [2.24, 2.45) is 0 Å². The number of likely N-dealkylation sites (tertiary alicyclic amines) is 1. The van der Waals surface area contributed by atoms with E-state index in [1.807, 2.05) is 11.1 Å². The third-order valence-electron chi connectivity index (χ3n) is 5.47. The Hall–Kier alpha value is -1.49. The second kappa shape index (κ2) is 7.40. The molecule has 0 N–H and O–H groups in total. The molecule has 0 aliphatic carbocycles. The fourth-order valence-electron chi connectivity index (χ4n) is 3.72. The second-order valence-corrected chi connectivity index (χ2v) is 8.65. The predicted octanol–water partition coefficient (Wildman–Crippen LogP) is 3.27. The Bertz CT molecular complexity index is 617. The van der Waals surface area contributed by atoms with Crippen molar-refractivity contribution in [2.75, 3.05) is 13.1 Å². The van der Waals surface area contributed by atoms with Crippen LogP contribution in [0.25, 0.3) is 0 Å².